The van der Waals surface area contributed by atoms with E-state index in [-0.39, 0.29) is 30.3 Å². The van der Waals surface area contributed by atoms with Gasteiger partial charge in [-0.2, -0.15) is 0 Å². The van der Waals surface area contributed by atoms with Gasteiger partial charge in [-0.05, 0) is 37.1 Å². The Hall–Kier alpha value is -1.50. The Morgan fingerprint density at radius 3 is 2.77 bits per heavy atom. The van der Waals surface area contributed by atoms with Crippen LogP contribution in [0.1, 0.15) is 19.3 Å². The fourth-order valence-corrected chi connectivity index (χ4v) is 3.51. The number of benzene rings is 1. The first-order chi connectivity index (χ1) is 12.1. The van der Waals surface area contributed by atoms with Gasteiger partial charge in [-0.1, -0.05) is 11.6 Å². The number of nitrogens with zero attached hydrogens (tertiary/aromatic N) is 2. The second-order valence-corrected chi connectivity index (χ2v) is 6.89. The van der Waals surface area contributed by atoms with Crippen molar-refractivity contribution in [2.75, 3.05) is 39.3 Å². The number of hydrogen-bond acceptors (Lipinski definition) is 4. The van der Waals surface area contributed by atoms with Crippen LogP contribution in [-0.4, -0.2) is 67.0 Å². The van der Waals surface area contributed by atoms with E-state index in [9.17, 15) is 9.59 Å². The molecule has 0 aliphatic carbocycles. The van der Waals surface area contributed by atoms with Crippen molar-refractivity contribution in [3.8, 4) is 5.75 Å². The number of ether oxygens (including phenoxy) is 1. The minimum atomic E-state index is 0. The molecule has 1 N–H and O–H groups in total. The van der Waals surface area contributed by atoms with E-state index in [1.165, 1.54) is 0 Å². The molecule has 2 amide bonds. The molecule has 1 unspecified atom stereocenters. The van der Waals surface area contributed by atoms with Crippen molar-refractivity contribution in [1.29, 1.82) is 0 Å². The third kappa shape index (κ3) is 5.50. The highest BCUT2D eigenvalue weighted by atomic mass is 35.5. The fourth-order valence-electron chi connectivity index (χ4n) is 3.39. The van der Waals surface area contributed by atoms with E-state index in [0.29, 0.717) is 36.9 Å². The van der Waals surface area contributed by atoms with Crippen molar-refractivity contribution in [3.05, 3.63) is 29.3 Å². The fraction of sp³-hybridized carbons (Fsp3) is 0.556. The number of carbonyl (C=O) groups is 2. The third-order valence-corrected chi connectivity index (χ3v) is 4.97. The molecule has 6 nitrogen and oxygen atoms in total. The van der Waals surface area contributed by atoms with E-state index in [0.717, 1.165) is 32.5 Å². The summed E-state index contributed by atoms with van der Waals surface area (Å²) < 4.78 is 5.60. The van der Waals surface area contributed by atoms with Gasteiger partial charge in [0.2, 0.25) is 11.8 Å². The molecule has 0 radical (unpaired) electrons. The average Bonchev–Trinajstić information content (AvgIpc) is 2.64. The first-order valence-corrected chi connectivity index (χ1v) is 9.17. The van der Waals surface area contributed by atoms with Crippen LogP contribution in [0.5, 0.6) is 5.75 Å². The van der Waals surface area contributed by atoms with E-state index in [1.54, 1.807) is 24.3 Å². The Kier molecular flexibility index (Phi) is 8.00. The number of piperidine rings is 1. The van der Waals surface area contributed by atoms with Crippen LogP contribution in [0.3, 0.4) is 0 Å². The summed E-state index contributed by atoms with van der Waals surface area (Å²) in [4.78, 5) is 28.3. The molecule has 2 aliphatic rings. The van der Waals surface area contributed by atoms with Crippen molar-refractivity contribution >= 4 is 35.8 Å². The summed E-state index contributed by atoms with van der Waals surface area (Å²) in [6.07, 6.45) is 2.24. The maximum atomic E-state index is 12.5. The minimum Gasteiger partial charge on any atom is -0.493 e. The predicted octanol–water partition coefficient (Wildman–Crippen LogP) is 1.95. The molecular formula is C18H25Cl2N3O3. The first kappa shape index (κ1) is 20.8. The summed E-state index contributed by atoms with van der Waals surface area (Å²) in [5.41, 5.74) is 0. The SMILES string of the molecule is Cl.O=C(CCOc1ccc(Cl)cc1)N1CCCC(N2CCNCC2=O)C1. The van der Waals surface area contributed by atoms with Gasteiger partial charge in [-0.15, -0.1) is 12.4 Å². The molecule has 0 aromatic heterocycles. The highest BCUT2D eigenvalue weighted by molar-refractivity contribution is 6.30. The van der Waals surface area contributed by atoms with E-state index < -0.39 is 0 Å². The van der Waals surface area contributed by atoms with Crippen molar-refractivity contribution in [2.45, 2.75) is 25.3 Å². The lowest BCUT2D eigenvalue weighted by Crippen LogP contribution is -2.57. The second kappa shape index (κ2) is 10.00. The van der Waals surface area contributed by atoms with Crippen LogP contribution in [0.4, 0.5) is 0 Å². The van der Waals surface area contributed by atoms with Crippen molar-refractivity contribution < 1.29 is 14.3 Å². The molecule has 1 aromatic rings. The molecule has 0 bridgehead atoms. The Bertz CT molecular complexity index is 612. The van der Waals surface area contributed by atoms with Gasteiger partial charge in [0.25, 0.3) is 0 Å². The topological polar surface area (TPSA) is 61.9 Å². The number of halogens is 2. The lowest BCUT2D eigenvalue weighted by molar-refractivity contribution is -0.140. The van der Waals surface area contributed by atoms with Gasteiger partial charge >= 0.3 is 0 Å². The first-order valence-electron chi connectivity index (χ1n) is 8.80. The van der Waals surface area contributed by atoms with Gasteiger partial charge in [-0.3, -0.25) is 9.59 Å². The number of piperazine rings is 1. The normalized spacial score (nSPS) is 20.5. The molecule has 26 heavy (non-hydrogen) atoms. The van der Waals surface area contributed by atoms with Crippen LogP contribution < -0.4 is 10.1 Å². The highest BCUT2D eigenvalue weighted by Gasteiger charge is 2.31. The lowest BCUT2D eigenvalue weighted by atomic mass is 10.0. The number of likely N-dealkylation sites (tertiary alicyclic amines) is 1. The molecule has 2 aliphatic heterocycles. The van der Waals surface area contributed by atoms with Gasteiger partial charge in [-0.25, -0.2) is 0 Å². The Morgan fingerprint density at radius 1 is 1.27 bits per heavy atom. The largest absolute Gasteiger partial charge is 0.493 e. The van der Waals surface area contributed by atoms with Crippen molar-refractivity contribution in [2.24, 2.45) is 0 Å². The summed E-state index contributed by atoms with van der Waals surface area (Å²) >= 11 is 5.84. The van der Waals surface area contributed by atoms with Gasteiger partial charge in [0.15, 0.2) is 0 Å². The monoisotopic (exact) mass is 401 g/mol. The summed E-state index contributed by atoms with van der Waals surface area (Å²) in [7, 11) is 0. The number of nitrogens with one attached hydrogen (secondary N) is 1. The number of hydrogen-bond donors (Lipinski definition) is 1. The smallest absolute Gasteiger partial charge is 0.236 e. The summed E-state index contributed by atoms with van der Waals surface area (Å²) in [5.74, 6) is 0.929. The molecule has 0 spiro atoms. The summed E-state index contributed by atoms with van der Waals surface area (Å²) in [6, 6.07) is 7.25. The van der Waals surface area contributed by atoms with Crippen LogP contribution in [0.25, 0.3) is 0 Å². The van der Waals surface area contributed by atoms with Crippen LogP contribution in [0.15, 0.2) is 24.3 Å². The highest BCUT2D eigenvalue weighted by Crippen LogP contribution is 2.19. The average molecular weight is 402 g/mol. The van der Waals surface area contributed by atoms with E-state index >= 15 is 0 Å². The standard InChI is InChI=1S/C18H24ClN3O3.ClH/c19-14-3-5-16(6-4-14)25-11-7-17(23)21-9-1-2-15(13-21)22-10-8-20-12-18(22)24;/h3-6,15,20H,1-2,7-13H2;1H. The molecule has 2 fully saturated rings. The van der Waals surface area contributed by atoms with Crippen molar-refractivity contribution in [3.63, 3.8) is 0 Å². The second-order valence-electron chi connectivity index (χ2n) is 6.45. The van der Waals surface area contributed by atoms with Crippen LogP contribution in [0, 0.1) is 0 Å². The van der Waals surface area contributed by atoms with Crippen LogP contribution in [-0.2, 0) is 9.59 Å². The number of carbonyl (C=O) groups excluding carboxylic acids is 2. The lowest BCUT2D eigenvalue weighted by Gasteiger charge is -2.41. The Morgan fingerprint density at radius 2 is 2.04 bits per heavy atom. The molecule has 1 aromatic carbocycles. The van der Waals surface area contributed by atoms with Crippen LogP contribution >= 0.6 is 24.0 Å². The van der Waals surface area contributed by atoms with Crippen molar-refractivity contribution in [1.82, 2.24) is 15.1 Å². The zero-order valence-electron chi connectivity index (χ0n) is 14.7. The molecule has 2 saturated heterocycles. The van der Waals surface area contributed by atoms with E-state index in [1.807, 2.05) is 9.80 Å². The van der Waals surface area contributed by atoms with Gasteiger partial charge in [0.1, 0.15) is 5.75 Å². The third-order valence-electron chi connectivity index (χ3n) is 4.71. The quantitative estimate of drug-likeness (QED) is 0.818. The number of amides is 2. The molecule has 3 rings (SSSR count). The van der Waals surface area contributed by atoms with Gasteiger partial charge < -0.3 is 19.9 Å². The summed E-state index contributed by atoms with van der Waals surface area (Å²) in [6.45, 7) is 3.69. The van der Waals surface area contributed by atoms with Gasteiger partial charge in [0.05, 0.1) is 19.6 Å². The van der Waals surface area contributed by atoms with E-state index in [4.69, 9.17) is 16.3 Å². The minimum absolute atomic E-state index is 0. The maximum Gasteiger partial charge on any atom is 0.236 e. The molecule has 2 heterocycles. The molecule has 1 atom stereocenters. The maximum absolute atomic E-state index is 12.5. The molecule has 144 valence electrons. The number of rotatable bonds is 5. The summed E-state index contributed by atoms with van der Waals surface area (Å²) in [5, 5.41) is 3.75. The predicted molar refractivity (Wildman–Crippen MR) is 103 cm³/mol. The van der Waals surface area contributed by atoms with E-state index in [2.05, 4.69) is 5.32 Å². The molecular weight excluding hydrogens is 377 g/mol. The molecule has 8 heteroatoms. The zero-order valence-corrected chi connectivity index (χ0v) is 16.2. The molecule has 0 saturated carbocycles. The Balaban J connectivity index is 0.00000243. The Labute approximate surface area is 165 Å². The van der Waals surface area contributed by atoms with Gasteiger partial charge in [0, 0.05) is 37.2 Å². The van der Waals surface area contributed by atoms with Crippen LogP contribution in [0.2, 0.25) is 5.02 Å². The zero-order chi connectivity index (χ0) is 17.6.